The number of urea groups is 1. The molecular weight excluding hydrogens is 405 g/mol. The third-order valence-corrected chi connectivity index (χ3v) is 4.82. The van der Waals surface area contributed by atoms with Crippen molar-refractivity contribution < 1.29 is 18.0 Å². The lowest BCUT2D eigenvalue weighted by Crippen LogP contribution is -2.20. The number of nitrogens with one attached hydrogen (secondary N) is 3. The molecule has 1 aliphatic carbocycles. The Morgan fingerprint density at radius 1 is 1.10 bits per heavy atom. The number of aromatic amines is 1. The average molecular weight is 421 g/mol. The first kappa shape index (κ1) is 19.3. The van der Waals surface area contributed by atoms with Crippen LogP contribution in [0.5, 0.6) is 0 Å². The highest BCUT2D eigenvalue weighted by Crippen LogP contribution is 2.45. The number of anilines is 2. The van der Waals surface area contributed by atoms with Crippen LogP contribution < -0.4 is 10.6 Å². The van der Waals surface area contributed by atoms with Crippen molar-refractivity contribution in [3.8, 4) is 11.3 Å². The van der Waals surface area contributed by atoms with Gasteiger partial charge in [-0.3, -0.25) is 5.10 Å². The zero-order valence-corrected chi connectivity index (χ0v) is 15.7. The third-order valence-electron chi connectivity index (χ3n) is 4.59. The lowest BCUT2D eigenvalue weighted by molar-refractivity contribution is -0.137. The largest absolute Gasteiger partial charge is 0.416 e. The van der Waals surface area contributed by atoms with Crippen LogP contribution in [-0.2, 0) is 6.18 Å². The van der Waals surface area contributed by atoms with E-state index in [0.717, 1.165) is 30.7 Å². The van der Waals surface area contributed by atoms with Gasteiger partial charge in [-0.25, -0.2) is 4.79 Å². The van der Waals surface area contributed by atoms with E-state index in [0.29, 0.717) is 27.7 Å². The molecule has 4 rings (SSSR count). The summed E-state index contributed by atoms with van der Waals surface area (Å²) in [5.74, 6) is 0.243. The fourth-order valence-electron chi connectivity index (χ4n) is 3.02. The summed E-state index contributed by atoms with van der Waals surface area (Å²) in [6.45, 7) is 0. The lowest BCUT2D eigenvalue weighted by atomic mass is 10.1. The molecule has 0 bridgehead atoms. The van der Waals surface area contributed by atoms with E-state index >= 15 is 0 Å². The fourth-order valence-corrected chi connectivity index (χ4v) is 3.21. The molecule has 0 atom stereocenters. The molecule has 1 aliphatic rings. The van der Waals surface area contributed by atoms with Gasteiger partial charge in [0.25, 0.3) is 0 Å². The van der Waals surface area contributed by atoms with Crippen LogP contribution in [0.1, 0.15) is 30.0 Å². The van der Waals surface area contributed by atoms with Gasteiger partial charge in [-0.15, -0.1) is 0 Å². The van der Waals surface area contributed by atoms with E-state index in [4.69, 9.17) is 11.6 Å². The Hall–Kier alpha value is -3.00. The number of amides is 2. The SMILES string of the molecule is O=C(Nc1cccc(Cl)c1)Nc1c(-c2ccc(C(F)(F)F)cc2)n[nH]c1C1CC1. The second-order valence-electron chi connectivity index (χ2n) is 6.80. The minimum Gasteiger partial charge on any atom is -0.308 e. The highest BCUT2D eigenvalue weighted by Gasteiger charge is 2.32. The number of aromatic nitrogens is 2. The summed E-state index contributed by atoms with van der Waals surface area (Å²) in [5.41, 5.74) is 1.86. The summed E-state index contributed by atoms with van der Waals surface area (Å²) in [6, 6.07) is 10.9. The van der Waals surface area contributed by atoms with E-state index in [1.165, 1.54) is 12.1 Å². The van der Waals surface area contributed by atoms with E-state index in [-0.39, 0.29) is 5.92 Å². The molecule has 0 saturated heterocycles. The van der Waals surface area contributed by atoms with Gasteiger partial charge in [0.15, 0.2) is 0 Å². The molecule has 1 fully saturated rings. The summed E-state index contributed by atoms with van der Waals surface area (Å²) in [7, 11) is 0. The molecular formula is C20H16ClF3N4O. The molecule has 3 N–H and O–H groups in total. The molecule has 9 heteroatoms. The predicted molar refractivity (Wildman–Crippen MR) is 105 cm³/mol. The van der Waals surface area contributed by atoms with Crippen LogP contribution in [0.2, 0.25) is 5.02 Å². The van der Waals surface area contributed by atoms with E-state index < -0.39 is 17.8 Å². The summed E-state index contributed by atoms with van der Waals surface area (Å²) < 4.78 is 38.5. The van der Waals surface area contributed by atoms with Crippen LogP contribution in [0, 0.1) is 0 Å². The fraction of sp³-hybridized carbons (Fsp3) is 0.200. The topological polar surface area (TPSA) is 69.8 Å². The van der Waals surface area contributed by atoms with Gasteiger partial charge in [-0.2, -0.15) is 18.3 Å². The highest BCUT2D eigenvalue weighted by molar-refractivity contribution is 6.30. The zero-order chi connectivity index (χ0) is 20.6. The van der Waals surface area contributed by atoms with Gasteiger partial charge in [0, 0.05) is 22.2 Å². The normalized spacial score (nSPS) is 13.9. The summed E-state index contributed by atoms with van der Waals surface area (Å²) >= 11 is 5.93. The second-order valence-corrected chi connectivity index (χ2v) is 7.24. The van der Waals surface area contributed by atoms with Crippen LogP contribution in [0.15, 0.2) is 48.5 Å². The molecule has 1 heterocycles. The molecule has 1 saturated carbocycles. The van der Waals surface area contributed by atoms with Crippen molar-refractivity contribution in [2.45, 2.75) is 24.9 Å². The Kier molecular flexibility index (Phi) is 4.96. The zero-order valence-electron chi connectivity index (χ0n) is 15.0. The molecule has 3 aromatic rings. The first-order valence-corrected chi connectivity index (χ1v) is 9.28. The number of alkyl halides is 3. The van der Waals surface area contributed by atoms with Crippen molar-refractivity contribution in [3.05, 3.63) is 64.8 Å². The minimum absolute atomic E-state index is 0.243. The van der Waals surface area contributed by atoms with Crippen molar-refractivity contribution in [2.24, 2.45) is 0 Å². The predicted octanol–water partition coefficient (Wildman–Crippen LogP) is 6.27. The van der Waals surface area contributed by atoms with Crippen molar-refractivity contribution in [2.75, 3.05) is 10.6 Å². The lowest BCUT2D eigenvalue weighted by Gasteiger charge is -2.11. The molecule has 0 radical (unpaired) electrons. The number of halogens is 4. The first-order valence-electron chi connectivity index (χ1n) is 8.91. The van der Waals surface area contributed by atoms with Gasteiger partial charge in [0.2, 0.25) is 0 Å². The molecule has 150 valence electrons. The van der Waals surface area contributed by atoms with Gasteiger partial charge in [0.1, 0.15) is 5.69 Å². The minimum atomic E-state index is -4.42. The van der Waals surface area contributed by atoms with E-state index in [9.17, 15) is 18.0 Å². The number of rotatable bonds is 4. The Morgan fingerprint density at radius 2 is 1.83 bits per heavy atom. The van der Waals surface area contributed by atoms with Gasteiger partial charge < -0.3 is 10.6 Å². The maximum atomic E-state index is 12.8. The molecule has 5 nitrogen and oxygen atoms in total. The maximum absolute atomic E-state index is 12.8. The van der Waals surface area contributed by atoms with Crippen molar-refractivity contribution in [1.29, 1.82) is 0 Å². The number of hydrogen-bond donors (Lipinski definition) is 3. The van der Waals surface area contributed by atoms with Crippen LogP contribution in [-0.4, -0.2) is 16.2 Å². The molecule has 1 aromatic heterocycles. The van der Waals surface area contributed by atoms with Gasteiger partial charge in [-0.05, 0) is 43.2 Å². The second kappa shape index (κ2) is 7.44. The van der Waals surface area contributed by atoms with Crippen molar-refractivity contribution in [1.82, 2.24) is 10.2 Å². The third kappa shape index (κ3) is 4.37. The van der Waals surface area contributed by atoms with E-state index in [1.807, 2.05) is 0 Å². The monoisotopic (exact) mass is 420 g/mol. The standard InChI is InChI=1S/C20H16ClF3N4O/c21-14-2-1-3-15(10-14)25-19(29)26-18-16(11-4-5-11)27-28-17(18)12-6-8-13(9-7-12)20(22,23)24/h1-3,6-11H,4-5H2,(H,27,28)(H2,25,26,29). The van der Waals surface area contributed by atoms with Crippen molar-refractivity contribution >= 4 is 29.0 Å². The smallest absolute Gasteiger partial charge is 0.308 e. The molecule has 0 spiro atoms. The Labute approximate surface area is 169 Å². The van der Waals surface area contributed by atoms with E-state index in [2.05, 4.69) is 20.8 Å². The van der Waals surface area contributed by atoms with Crippen LogP contribution in [0.4, 0.5) is 29.3 Å². The van der Waals surface area contributed by atoms with Crippen LogP contribution >= 0.6 is 11.6 Å². The van der Waals surface area contributed by atoms with Crippen molar-refractivity contribution in [3.63, 3.8) is 0 Å². The number of carbonyl (C=O) groups is 1. The Morgan fingerprint density at radius 3 is 2.45 bits per heavy atom. The highest BCUT2D eigenvalue weighted by atomic mass is 35.5. The quantitative estimate of drug-likeness (QED) is 0.465. The number of nitrogens with zero attached hydrogens (tertiary/aromatic N) is 1. The number of benzene rings is 2. The summed E-state index contributed by atoms with van der Waals surface area (Å²) in [5, 5.41) is 13.1. The van der Waals surface area contributed by atoms with Crippen LogP contribution in [0.25, 0.3) is 11.3 Å². The number of carbonyl (C=O) groups excluding carboxylic acids is 1. The molecule has 0 aliphatic heterocycles. The molecule has 0 unspecified atom stereocenters. The van der Waals surface area contributed by atoms with Gasteiger partial charge >= 0.3 is 12.2 Å². The Bertz CT molecular complexity index is 1040. The van der Waals surface area contributed by atoms with E-state index in [1.54, 1.807) is 24.3 Å². The molecule has 2 aromatic carbocycles. The first-order chi connectivity index (χ1) is 13.8. The molecule has 29 heavy (non-hydrogen) atoms. The van der Waals surface area contributed by atoms with Gasteiger partial charge in [0.05, 0.1) is 16.9 Å². The van der Waals surface area contributed by atoms with Gasteiger partial charge in [-0.1, -0.05) is 29.8 Å². The molecule has 2 amide bonds. The Balaban J connectivity index is 1.60. The van der Waals surface area contributed by atoms with Crippen LogP contribution in [0.3, 0.4) is 0 Å². The average Bonchev–Trinajstić information content (AvgIpc) is 3.42. The summed E-state index contributed by atoms with van der Waals surface area (Å²) in [4.78, 5) is 12.5. The number of H-pyrrole nitrogens is 1. The maximum Gasteiger partial charge on any atom is 0.416 e. The summed E-state index contributed by atoms with van der Waals surface area (Å²) in [6.07, 6.45) is -2.50. The number of hydrogen-bond acceptors (Lipinski definition) is 2.